The molecule has 21 heavy (non-hydrogen) atoms. The number of benzene rings is 1. The van der Waals surface area contributed by atoms with Crippen LogP contribution in [-0.2, 0) is 4.84 Å². The van der Waals surface area contributed by atoms with Crippen molar-refractivity contribution < 1.29 is 13.7 Å². The van der Waals surface area contributed by atoms with Crippen molar-refractivity contribution in [2.45, 2.75) is 12.5 Å². The third-order valence-corrected chi connectivity index (χ3v) is 3.48. The molecule has 0 fully saturated rings. The molecule has 0 saturated carbocycles. The summed E-state index contributed by atoms with van der Waals surface area (Å²) in [4.78, 5) is 17.4. The third kappa shape index (κ3) is 2.03. The summed E-state index contributed by atoms with van der Waals surface area (Å²) in [5.74, 6) is 0.693. The fraction of sp³-hybridized carbons (Fsp3) is 0.125. The summed E-state index contributed by atoms with van der Waals surface area (Å²) in [6.07, 6.45) is 1.78. The molecule has 0 N–H and O–H groups in total. The number of hydrogen-bond acceptors (Lipinski definition) is 5. The van der Waals surface area contributed by atoms with Gasteiger partial charge in [-0.1, -0.05) is 23.4 Å². The highest BCUT2D eigenvalue weighted by molar-refractivity contribution is 6.02. The Morgan fingerprint density at radius 3 is 2.90 bits per heavy atom. The fourth-order valence-corrected chi connectivity index (χ4v) is 2.43. The van der Waals surface area contributed by atoms with Crippen LogP contribution in [0.3, 0.4) is 0 Å². The first kappa shape index (κ1) is 12.0. The summed E-state index contributed by atoms with van der Waals surface area (Å²) in [7, 11) is 0. The molecule has 1 unspecified atom stereocenters. The first-order valence-corrected chi connectivity index (χ1v) is 6.60. The van der Waals surface area contributed by atoms with E-state index in [9.17, 15) is 4.79 Å². The molecule has 0 bridgehead atoms. The van der Waals surface area contributed by atoms with E-state index in [0.29, 0.717) is 29.0 Å². The molecular formula is C16H11NO4. The van der Waals surface area contributed by atoms with E-state index in [1.165, 1.54) is 0 Å². The average molecular weight is 281 g/mol. The number of rotatable bonds is 2. The summed E-state index contributed by atoms with van der Waals surface area (Å²) < 4.78 is 10.6. The molecule has 4 rings (SSSR count). The third-order valence-electron chi connectivity index (χ3n) is 3.48. The number of fused-ring (bicyclic) bond motifs is 1. The Morgan fingerprint density at radius 2 is 2.05 bits per heavy atom. The normalized spacial score (nSPS) is 17.7. The minimum absolute atomic E-state index is 0.291. The second-order valence-electron chi connectivity index (χ2n) is 4.84. The molecule has 104 valence electrons. The van der Waals surface area contributed by atoms with Crippen LogP contribution in [0.15, 0.2) is 67.5 Å². The molecule has 3 heterocycles. The maximum absolute atomic E-state index is 12.1. The number of furan rings is 1. The van der Waals surface area contributed by atoms with Crippen molar-refractivity contribution in [3.63, 3.8) is 0 Å². The lowest BCUT2D eigenvalue weighted by Gasteiger charge is -2.03. The summed E-state index contributed by atoms with van der Waals surface area (Å²) in [5, 5.41) is 4.87. The zero-order valence-corrected chi connectivity index (χ0v) is 11.0. The highest BCUT2D eigenvalue weighted by Gasteiger charge is 2.27. The largest absolute Gasteiger partial charge is 0.465 e. The number of nitrogens with zero attached hydrogens (tertiary/aromatic N) is 1. The zero-order chi connectivity index (χ0) is 14.2. The monoisotopic (exact) mass is 281 g/mol. The fourth-order valence-electron chi connectivity index (χ4n) is 2.43. The summed E-state index contributed by atoms with van der Waals surface area (Å²) in [5.41, 5.74) is 1.17. The number of oxime groups is 1. The Labute approximate surface area is 119 Å². The van der Waals surface area contributed by atoms with Crippen LogP contribution in [0, 0.1) is 0 Å². The van der Waals surface area contributed by atoms with Crippen molar-refractivity contribution in [2.24, 2.45) is 5.16 Å². The topological polar surface area (TPSA) is 64.9 Å². The molecule has 0 spiro atoms. The van der Waals surface area contributed by atoms with Crippen molar-refractivity contribution >= 4 is 16.7 Å². The molecule has 3 aromatic rings. The lowest BCUT2D eigenvalue weighted by molar-refractivity contribution is 0.0689. The molecular weight excluding hydrogens is 270 g/mol. The maximum Gasteiger partial charge on any atom is 0.345 e. The van der Waals surface area contributed by atoms with Gasteiger partial charge < -0.3 is 13.7 Å². The molecule has 0 radical (unpaired) electrons. The van der Waals surface area contributed by atoms with Crippen molar-refractivity contribution in [2.75, 3.05) is 0 Å². The van der Waals surface area contributed by atoms with Gasteiger partial charge in [0.05, 0.1) is 17.5 Å². The Bertz CT molecular complexity index is 877. The molecule has 1 aromatic carbocycles. The second kappa shape index (κ2) is 4.63. The molecule has 0 saturated heterocycles. The van der Waals surface area contributed by atoms with Gasteiger partial charge in [0, 0.05) is 11.8 Å². The van der Waals surface area contributed by atoms with Gasteiger partial charge in [-0.2, -0.15) is 0 Å². The lowest BCUT2D eigenvalue weighted by atomic mass is 10.0. The lowest BCUT2D eigenvalue weighted by Crippen LogP contribution is -2.13. The van der Waals surface area contributed by atoms with Crippen molar-refractivity contribution in [3.8, 4) is 0 Å². The minimum atomic E-state index is -0.406. The SMILES string of the molecule is O=c1oc2ccccc2cc1C1=NOC(c2ccco2)C1. The van der Waals surface area contributed by atoms with E-state index >= 15 is 0 Å². The number of hydrogen-bond donors (Lipinski definition) is 0. The van der Waals surface area contributed by atoms with E-state index in [0.717, 1.165) is 5.39 Å². The molecule has 1 aliphatic heterocycles. The van der Waals surface area contributed by atoms with Gasteiger partial charge in [0.25, 0.3) is 0 Å². The Balaban J connectivity index is 1.71. The first-order valence-electron chi connectivity index (χ1n) is 6.60. The average Bonchev–Trinajstić information content (AvgIpc) is 3.17. The number of para-hydroxylation sites is 1. The van der Waals surface area contributed by atoms with Gasteiger partial charge >= 0.3 is 5.63 Å². The van der Waals surface area contributed by atoms with Crippen LogP contribution >= 0.6 is 0 Å². The predicted octanol–water partition coefficient (Wildman–Crippen LogP) is 3.25. The van der Waals surface area contributed by atoms with Gasteiger partial charge in [-0.05, 0) is 24.3 Å². The first-order chi connectivity index (χ1) is 10.3. The molecule has 1 atom stereocenters. The quantitative estimate of drug-likeness (QED) is 0.676. The Morgan fingerprint density at radius 1 is 1.14 bits per heavy atom. The Kier molecular flexibility index (Phi) is 2.64. The van der Waals surface area contributed by atoms with E-state index < -0.39 is 5.63 Å². The standard InChI is InChI=1S/C16H11NO4/c18-16-11(8-10-4-1-2-5-13(10)20-16)12-9-15(21-17-12)14-6-3-7-19-14/h1-8,15H,9H2. The molecule has 1 aliphatic rings. The van der Waals surface area contributed by atoms with E-state index in [1.807, 2.05) is 24.3 Å². The maximum atomic E-state index is 12.1. The van der Waals surface area contributed by atoms with Gasteiger partial charge in [0.15, 0.2) is 6.10 Å². The molecule has 2 aromatic heterocycles. The molecule has 0 amide bonds. The minimum Gasteiger partial charge on any atom is -0.465 e. The smallest absolute Gasteiger partial charge is 0.345 e. The van der Waals surface area contributed by atoms with Crippen LogP contribution in [0.5, 0.6) is 0 Å². The molecule has 0 aliphatic carbocycles. The van der Waals surface area contributed by atoms with Gasteiger partial charge in [0.1, 0.15) is 11.3 Å². The summed E-state index contributed by atoms with van der Waals surface area (Å²) in [6.45, 7) is 0. The van der Waals surface area contributed by atoms with Gasteiger partial charge in [-0.15, -0.1) is 0 Å². The van der Waals surface area contributed by atoms with Crippen LogP contribution in [-0.4, -0.2) is 5.71 Å². The van der Waals surface area contributed by atoms with Gasteiger partial charge in [0.2, 0.25) is 0 Å². The van der Waals surface area contributed by atoms with Crippen molar-refractivity contribution in [1.29, 1.82) is 0 Å². The molecule has 5 heteroatoms. The van der Waals surface area contributed by atoms with Crippen LogP contribution < -0.4 is 5.63 Å². The highest BCUT2D eigenvalue weighted by Crippen LogP contribution is 2.29. The zero-order valence-electron chi connectivity index (χ0n) is 11.0. The Hall–Kier alpha value is -2.82. The van der Waals surface area contributed by atoms with E-state index in [2.05, 4.69) is 5.16 Å². The van der Waals surface area contributed by atoms with Crippen LogP contribution in [0.4, 0.5) is 0 Å². The molecule has 5 nitrogen and oxygen atoms in total. The van der Waals surface area contributed by atoms with E-state index in [4.69, 9.17) is 13.7 Å². The van der Waals surface area contributed by atoms with Crippen LogP contribution in [0.2, 0.25) is 0 Å². The second-order valence-corrected chi connectivity index (χ2v) is 4.84. The van der Waals surface area contributed by atoms with Crippen LogP contribution in [0.1, 0.15) is 23.8 Å². The van der Waals surface area contributed by atoms with Crippen LogP contribution in [0.25, 0.3) is 11.0 Å². The summed E-state index contributed by atoms with van der Waals surface area (Å²) in [6, 6.07) is 12.8. The van der Waals surface area contributed by atoms with E-state index in [-0.39, 0.29) is 6.10 Å². The predicted molar refractivity (Wildman–Crippen MR) is 76.2 cm³/mol. The van der Waals surface area contributed by atoms with Crippen molar-refractivity contribution in [1.82, 2.24) is 0 Å². The van der Waals surface area contributed by atoms with Gasteiger partial charge in [-0.25, -0.2) is 4.79 Å². The van der Waals surface area contributed by atoms with Gasteiger partial charge in [-0.3, -0.25) is 0 Å². The summed E-state index contributed by atoms with van der Waals surface area (Å²) >= 11 is 0. The van der Waals surface area contributed by atoms with Crippen molar-refractivity contribution in [3.05, 3.63) is 70.5 Å². The highest BCUT2D eigenvalue weighted by atomic mass is 16.6. The van der Waals surface area contributed by atoms with E-state index in [1.54, 1.807) is 24.5 Å².